The van der Waals surface area contributed by atoms with Crippen molar-refractivity contribution in [2.24, 2.45) is 4.99 Å². The number of nitriles is 2. The zero-order valence-electron chi connectivity index (χ0n) is 15.6. The van der Waals surface area contributed by atoms with Crippen LogP contribution in [0.25, 0.3) is 0 Å². The minimum Gasteiger partial charge on any atom is -0.493 e. The molecule has 1 atom stereocenters. The SMILES string of the molecule is CCCOc1ccc(C2N=C(NC#N)Nc3nc(N)c(C#N)c(N)c32)cc1C. The molecule has 0 aliphatic carbocycles. The Morgan fingerprint density at radius 1 is 1.32 bits per heavy atom. The molecule has 9 heteroatoms. The number of aryl methyl sites for hydroxylation is 1. The van der Waals surface area contributed by atoms with Crippen LogP contribution in [0.2, 0.25) is 0 Å². The van der Waals surface area contributed by atoms with Gasteiger partial charge in [0.1, 0.15) is 35.1 Å². The van der Waals surface area contributed by atoms with Crippen LogP contribution in [-0.2, 0) is 0 Å². The van der Waals surface area contributed by atoms with Crippen LogP contribution in [0.5, 0.6) is 5.75 Å². The van der Waals surface area contributed by atoms with Crippen LogP contribution in [0.4, 0.5) is 17.3 Å². The first-order chi connectivity index (χ1) is 13.5. The number of pyridine rings is 1. The number of anilines is 3. The summed E-state index contributed by atoms with van der Waals surface area (Å²) < 4.78 is 5.73. The second-order valence-corrected chi connectivity index (χ2v) is 6.28. The van der Waals surface area contributed by atoms with E-state index >= 15 is 0 Å². The van der Waals surface area contributed by atoms with Crippen molar-refractivity contribution in [2.45, 2.75) is 26.3 Å². The Kier molecular flexibility index (Phi) is 5.18. The minimum absolute atomic E-state index is 0.0164. The molecule has 1 aliphatic rings. The smallest absolute Gasteiger partial charge is 0.211 e. The van der Waals surface area contributed by atoms with E-state index in [1.165, 1.54) is 0 Å². The number of nitrogen functional groups attached to an aromatic ring is 2. The lowest BCUT2D eigenvalue weighted by molar-refractivity contribution is 0.315. The fourth-order valence-electron chi connectivity index (χ4n) is 3.04. The van der Waals surface area contributed by atoms with Crippen molar-refractivity contribution in [1.29, 1.82) is 10.5 Å². The van der Waals surface area contributed by atoms with Gasteiger partial charge in [-0.2, -0.15) is 10.5 Å². The summed E-state index contributed by atoms with van der Waals surface area (Å²) in [5, 5.41) is 23.7. The number of nitrogens with zero attached hydrogens (tertiary/aromatic N) is 4. The number of fused-ring (bicyclic) bond motifs is 1. The van der Waals surface area contributed by atoms with E-state index in [0.29, 0.717) is 18.0 Å². The maximum absolute atomic E-state index is 9.38. The summed E-state index contributed by atoms with van der Waals surface area (Å²) in [5.41, 5.74) is 14.7. The van der Waals surface area contributed by atoms with Crippen molar-refractivity contribution in [3.63, 3.8) is 0 Å². The summed E-state index contributed by atoms with van der Waals surface area (Å²) >= 11 is 0. The molecule has 28 heavy (non-hydrogen) atoms. The zero-order valence-corrected chi connectivity index (χ0v) is 15.6. The molecule has 0 amide bonds. The maximum Gasteiger partial charge on any atom is 0.211 e. The van der Waals surface area contributed by atoms with Gasteiger partial charge in [0, 0.05) is 5.56 Å². The Bertz CT molecular complexity index is 1030. The largest absolute Gasteiger partial charge is 0.493 e. The molecule has 0 spiro atoms. The summed E-state index contributed by atoms with van der Waals surface area (Å²) in [6.07, 6.45) is 2.74. The van der Waals surface area contributed by atoms with E-state index in [4.69, 9.17) is 21.5 Å². The molecule has 1 aromatic carbocycles. The predicted molar refractivity (Wildman–Crippen MR) is 106 cm³/mol. The number of aliphatic imine (C=N–C) groups is 1. The molecular weight excluding hydrogens is 356 g/mol. The molecule has 0 fully saturated rings. The van der Waals surface area contributed by atoms with Gasteiger partial charge in [0.05, 0.1) is 12.3 Å². The molecule has 9 nitrogen and oxygen atoms in total. The van der Waals surface area contributed by atoms with E-state index in [1.807, 2.05) is 44.3 Å². The van der Waals surface area contributed by atoms with Crippen LogP contribution < -0.4 is 26.8 Å². The van der Waals surface area contributed by atoms with E-state index in [9.17, 15) is 5.26 Å². The number of rotatable bonds is 4. The van der Waals surface area contributed by atoms with Gasteiger partial charge in [-0.1, -0.05) is 13.0 Å². The standard InChI is InChI=1S/C19H20N8O/c1-3-6-28-13-5-4-11(7-10(13)2)16-14-15(22)12(8-20)17(23)26-18(14)27-19(25-16)24-9-21/h4-5,7,16H,3,6H2,1-2H3,(H6,22,23,24,25,26,27). The molecule has 0 saturated heterocycles. The molecular formula is C19H20N8O. The van der Waals surface area contributed by atoms with Crippen LogP contribution >= 0.6 is 0 Å². The third-order valence-electron chi connectivity index (χ3n) is 4.33. The summed E-state index contributed by atoms with van der Waals surface area (Å²) in [5.74, 6) is 1.39. The van der Waals surface area contributed by atoms with Crippen LogP contribution in [0.1, 0.15) is 41.6 Å². The third-order valence-corrected chi connectivity index (χ3v) is 4.33. The van der Waals surface area contributed by atoms with Gasteiger partial charge >= 0.3 is 0 Å². The number of nitrogens with two attached hydrogens (primary N) is 2. The number of nitrogens with one attached hydrogen (secondary N) is 2. The Balaban J connectivity index is 2.14. The van der Waals surface area contributed by atoms with Crippen LogP contribution in [0.3, 0.4) is 0 Å². The Morgan fingerprint density at radius 3 is 2.75 bits per heavy atom. The average Bonchev–Trinajstić information content (AvgIpc) is 2.66. The number of hydrogen-bond donors (Lipinski definition) is 4. The number of hydrogen-bond acceptors (Lipinski definition) is 9. The molecule has 1 aliphatic heterocycles. The van der Waals surface area contributed by atoms with E-state index in [2.05, 4.69) is 20.6 Å². The van der Waals surface area contributed by atoms with Gasteiger partial charge < -0.3 is 21.5 Å². The van der Waals surface area contributed by atoms with Crippen LogP contribution in [0, 0.1) is 29.7 Å². The molecule has 0 saturated carbocycles. The summed E-state index contributed by atoms with van der Waals surface area (Å²) in [7, 11) is 0. The monoisotopic (exact) mass is 376 g/mol. The van der Waals surface area contributed by atoms with Gasteiger partial charge in [0.15, 0.2) is 6.19 Å². The molecule has 2 aromatic rings. The molecule has 1 unspecified atom stereocenters. The van der Waals surface area contributed by atoms with E-state index < -0.39 is 6.04 Å². The van der Waals surface area contributed by atoms with Crippen molar-refractivity contribution in [3.05, 3.63) is 40.5 Å². The average molecular weight is 376 g/mol. The first kappa shape index (κ1) is 18.8. The molecule has 0 radical (unpaired) electrons. The fourth-order valence-corrected chi connectivity index (χ4v) is 3.04. The topological polar surface area (TPSA) is 158 Å². The lowest BCUT2D eigenvalue weighted by atomic mass is 9.94. The highest BCUT2D eigenvalue weighted by Gasteiger charge is 2.29. The van der Waals surface area contributed by atoms with Crippen molar-refractivity contribution < 1.29 is 4.74 Å². The molecule has 1 aromatic heterocycles. The molecule has 0 bridgehead atoms. The van der Waals surface area contributed by atoms with Crippen molar-refractivity contribution in [1.82, 2.24) is 10.3 Å². The van der Waals surface area contributed by atoms with Crippen molar-refractivity contribution >= 4 is 23.3 Å². The van der Waals surface area contributed by atoms with E-state index in [0.717, 1.165) is 23.3 Å². The minimum atomic E-state index is -0.564. The molecule has 142 valence electrons. The second kappa shape index (κ2) is 7.72. The lowest BCUT2D eigenvalue weighted by Crippen LogP contribution is -2.32. The Morgan fingerprint density at radius 2 is 2.11 bits per heavy atom. The molecule has 6 N–H and O–H groups in total. The summed E-state index contributed by atoms with van der Waals surface area (Å²) in [6, 6.07) is 7.13. The van der Waals surface area contributed by atoms with Crippen LogP contribution in [-0.4, -0.2) is 17.6 Å². The Hall–Kier alpha value is -3.98. The molecule has 3 rings (SSSR count). The highest BCUT2D eigenvalue weighted by atomic mass is 16.5. The van der Waals surface area contributed by atoms with Gasteiger partial charge in [-0.3, -0.25) is 5.32 Å². The van der Waals surface area contributed by atoms with Gasteiger partial charge in [-0.25, -0.2) is 9.98 Å². The molecule has 2 heterocycles. The first-order valence-electron chi connectivity index (χ1n) is 8.72. The van der Waals surface area contributed by atoms with E-state index in [1.54, 1.807) is 0 Å². The number of guanidine groups is 1. The van der Waals surface area contributed by atoms with Crippen molar-refractivity contribution in [3.8, 4) is 18.0 Å². The number of benzene rings is 1. The lowest BCUT2D eigenvalue weighted by Gasteiger charge is -2.26. The highest BCUT2D eigenvalue weighted by molar-refractivity contribution is 5.98. The number of aromatic nitrogens is 1. The van der Waals surface area contributed by atoms with Gasteiger partial charge in [-0.05, 0) is 36.6 Å². The van der Waals surface area contributed by atoms with Crippen molar-refractivity contribution in [2.75, 3.05) is 23.4 Å². The van der Waals surface area contributed by atoms with Gasteiger partial charge in [-0.15, -0.1) is 0 Å². The zero-order chi connectivity index (χ0) is 20.3. The Labute approximate surface area is 162 Å². The summed E-state index contributed by atoms with van der Waals surface area (Å²) in [6.45, 7) is 4.62. The van der Waals surface area contributed by atoms with Crippen LogP contribution in [0.15, 0.2) is 23.2 Å². The summed E-state index contributed by atoms with van der Waals surface area (Å²) in [4.78, 5) is 8.79. The second-order valence-electron chi connectivity index (χ2n) is 6.28. The normalized spacial score (nSPS) is 14.7. The van der Waals surface area contributed by atoms with Gasteiger partial charge in [0.2, 0.25) is 5.96 Å². The first-order valence-corrected chi connectivity index (χ1v) is 8.72. The number of ether oxygens (including phenoxy) is 1. The van der Waals surface area contributed by atoms with E-state index in [-0.39, 0.29) is 23.0 Å². The predicted octanol–water partition coefficient (Wildman–Crippen LogP) is 2.16. The fraction of sp³-hybridized carbons (Fsp3) is 0.263. The third kappa shape index (κ3) is 3.33. The van der Waals surface area contributed by atoms with Gasteiger partial charge in [0.25, 0.3) is 0 Å². The highest BCUT2D eigenvalue weighted by Crippen LogP contribution is 2.41. The maximum atomic E-state index is 9.38. The quantitative estimate of drug-likeness (QED) is 0.467.